The van der Waals surface area contributed by atoms with Gasteiger partial charge in [-0.3, -0.25) is 4.79 Å². The van der Waals surface area contributed by atoms with Crippen LogP contribution in [0.4, 0.5) is 4.39 Å². The second kappa shape index (κ2) is 6.66. The molecule has 1 aromatic heterocycles. The highest BCUT2D eigenvalue weighted by molar-refractivity contribution is 6.39. The van der Waals surface area contributed by atoms with Crippen LogP contribution < -0.4 is 0 Å². The Morgan fingerprint density at radius 3 is 2.68 bits per heavy atom. The van der Waals surface area contributed by atoms with Crippen LogP contribution in [0.3, 0.4) is 0 Å². The summed E-state index contributed by atoms with van der Waals surface area (Å²) in [5, 5.41) is 9.76. The fourth-order valence-corrected chi connectivity index (χ4v) is 1.74. The Hall–Kier alpha value is -2.96. The summed E-state index contributed by atoms with van der Waals surface area (Å²) in [4.78, 5) is 26.2. The number of halogens is 1. The molecule has 2 aromatic rings. The summed E-state index contributed by atoms with van der Waals surface area (Å²) < 4.78 is 18.7. The first-order valence-corrected chi connectivity index (χ1v) is 6.29. The summed E-state index contributed by atoms with van der Waals surface area (Å²) in [7, 11) is 1.07. The van der Waals surface area contributed by atoms with Crippen molar-refractivity contribution in [2.24, 2.45) is 0 Å². The van der Waals surface area contributed by atoms with Crippen LogP contribution >= 0.6 is 0 Å². The number of aromatic nitrogens is 2. The van der Waals surface area contributed by atoms with Crippen LogP contribution in [0.25, 0.3) is 5.76 Å². The Bertz CT molecular complexity index is 719. The summed E-state index contributed by atoms with van der Waals surface area (Å²) in [5.41, 5.74) is 0.985. The van der Waals surface area contributed by atoms with Gasteiger partial charge in [0.05, 0.1) is 13.4 Å². The molecule has 1 aromatic carbocycles. The van der Waals surface area contributed by atoms with E-state index in [1.165, 1.54) is 24.7 Å². The van der Waals surface area contributed by atoms with Crippen molar-refractivity contribution in [1.29, 1.82) is 0 Å². The van der Waals surface area contributed by atoms with Gasteiger partial charge in [-0.2, -0.15) is 0 Å². The Kier molecular flexibility index (Phi) is 4.67. The average molecular weight is 304 g/mol. The molecule has 1 heterocycles. The van der Waals surface area contributed by atoms with Gasteiger partial charge in [-0.25, -0.2) is 14.2 Å². The molecule has 0 spiro atoms. The molecule has 0 saturated carbocycles. The van der Waals surface area contributed by atoms with E-state index in [2.05, 4.69) is 9.72 Å². The molecule has 0 radical (unpaired) electrons. The lowest BCUT2D eigenvalue weighted by Gasteiger charge is -2.01. The maximum absolute atomic E-state index is 12.8. The number of carbonyl (C=O) groups is 2. The minimum atomic E-state index is -1.07. The number of ether oxygens (including phenoxy) is 1. The maximum Gasteiger partial charge on any atom is 0.378 e. The van der Waals surface area contributed by atoms with Crippen LogP contribution in [0.2, 0.25) is 0 Å². The fraction of sp³-hybridized carbons (Fsp3) is 0.133. The van der Waals surface area contributed by atoms with Crippen LogP contribution in [-0.2, 0) is 20.9 Å². The number of benzene rings is 1. The Balaban J connectivity index is 2.10. The standard InChI is InChI=1S/C15H13FN2O4/c1-22-15(21)14(20)6-13(19)12-8-18(9-17-12)7-10-2-4-11(16)5-3-10/h2-6,8-9,19H,7H2,1H3/b13-6-. The third-order valence-electron chi connectivity index (χ3n) is 2.83. The second-order valence-corrected chi connectivity index (χ2v) is 4.44. The molecule has 0 saturated heterocycles. The number of carbonyl (C=O) groups excluding carboxylic acids is 2. The summed E-state index contributed by atoms with van der Waals surface area (Å²) in [5.74, 6) is -2.81. The van der Waals surface area contributed by atoms with Gasteiger partial charge in [0, 0.05) is 18.8 Å². The first-order chi connectivity index (χ1) is 10.5. The van der Waals surface area contributed by atoms with Crippen molar-refractivity contribution in [1.82, 2.24) is 9.55 Å². The van der Waals surface area contributed by atoms with Gasteiger partial charge in [-0.15, -0.1) is 0 Å². The number of aliphatic hydroxyl groups excluding tert-OH is 1. The third kappa shape index (κ3) is 3.78. The Morgan fingerprint density at radius 2 is 2.05 bits per heavy atom. The molecule has 0 bridgehead atoms. The van der Waals surface area contributed by atoms with E-state index in [1.54, 1.807) is 16.7 Å². The third-order valence-corrected chi connectivity index (χ3v) is 2.83. The van der Waals surface area contributed by atoms with Gasteiger partial charge < -0.3 is 14.4 Å². The van der Waals surface area contributed by atoms with Crippen molar-refractivity contribution in [3.05, 3.63) is 59.9 Å². The van der Waals surface area contributed by atoms with Crippen LogP contribution in [0, 0.1) is 5.82 Å². The van der Waals surface area contributed by atoms with Crippen LogP contribution in [0.15, 0.2) is 42.9 Å². The van der Waals surface area contributed by atoms with Crippen LogP contribution in [-0.4, -0.2) is 33.5 Å². The molecule has 0 amide bonds. The van der Waals surface area contributed by atoms with Gasteiger partial charge in [0.2, 0.25) is 0 Å². The van der Waals surface area contributed by atoms with Gasteiger partial charge in [0.1, 0.15) is 17.3 Å². The molecule has 114 valence electrons. The van der Waals surface area contributed by atoms with E-state index in [4.69, 9.17) is 0 Å². The van der Waals surface area contributed by atoms with Gasteiger partial charge in [0.25, 0.3) is 5.78 Å². The fourth-order valence-electron chi connectivity index (χ4n) is 1.74. The minimum Gasteiger partial charge on any atom is -0.505 e. The maximum atomic E-state index is 12.8. The second-order valence-electron chi connectivity index (χ2n) is 4.44. The lowest BCUT2D eigenvalue weighted by molar-refractivity contribution is -0.149. The molecular weight excluding hydrogens is 291 g/mol. The molecular formula is C15H13FN2O4. The van der Waals surface area contributed by atoms with E-state index in [9.17, 15) is 19.1 Å². The topological polar surface area (TPSA) is 81.4 Å². The summed E-state index contributed by atoms with van der Waals surface area (Å²) in [6, 6.07) is 5.95. The normalized spacial score (nSPS) is 11.3. The van der Waals surface area contributed by atoms with Crippen LogP contribution in [0.5, 0.6) is 0 Å². The molecule has 0 atom stereocenters. The first-order valence-electron chi connectivity index (χ1n) is 6.29. The van der Waals surface area contributed by atoms with E-state index in [-0.39, 0.29) is 11.5 Å². The Morgan fingerprint density at radius 1 is 1.36 bits per heavy atom. The zero-order valence-corrected chi connectivity index (χ0v) is 11.7. The smallest absolute Gasteiger partial charge is 0.378 e. The molecule has 22 heavy (non-hydrogen) atoms. The van der Waals surface area contributed by atoms with Crippen molar-refractivity contribution in [3.8, 4) is 0 Å². The van der Waals surface area contributed by atoms with E-state index in [0.717, 1.165) is 18.7 Å². The lowest BCUT2D eigenvalue weighted by Crippen LogP contribution is -2.13. The molecule has 0 fully saturated rings. The minimum absolute atomic E-state index is 0.138. The van der Waals surface area contributed by atoms with Crippen molar-refractivity contribution >= 4 is 17.5 Å². The largest absolute Gasteiger partial charge is 0.505 e. The number of rotatable bonds is 5. The molecule has 0 aliphatic carbocycles. The van der Waals surface area contributed by atoms with Crippen molar-refractivity contribution in [2.45, 2.75) is 6.54 Å². The summed E-state index contributed by atoms with van der Waals surface area (Å²) in [6.07, 6.45) is 3.70. The molecule has 2 rings (SSSR count). The van der Waals surface area contributed by atoms with Crippen molar-refractivity contribution in [2.75, 3.05) is 7.11 Å². The van der Waals surface area contributed by atoms with Crippen molar-refractivity contribution in [3.63, 3.8) is 0 Å². The molecule has 0 aliphatic heterocycles. The number of imidazole rings is 1. The molecule has 6 nitrogen and oxygen atoms in total. The summed E-state index contributed by atoms with van der Waals surface area (Å²) in [6.45, 7) is 0.422. The van der Waals surface area contributed by atoms with Gasteiger partial charge in [-0.05, 0) is 17.7 Å². The van der Waals surface area contributed by atoms with Crippen molar-refractivity contribution < 1.29 is 23.8 Å². The van der Waals surface area contributed by atoms with Gasteiger partial charge in [0.15, 0.2) is 0 Å². The number of esters is 1. The monoisotopic (exact) mass is 304 g/mol. The van der Waals surface area contributed by atoms with Crippen LogP contribution in [0.1, 0.15) is 11.3 Å². The number of aliphatic hydroxyl groups is 1. The van der Waals surface area contributed by atoms with Gasteiger partial charge in [-0.1, -0.05) is 12.1 Å². The zero-order chi connectivity index (χ0) is 16.1. The molecule has 0 unspecified atom stereocenters. The highest BCUT2D eigenvalue weighted by Crippen LogP contribution is 2.11. The predicted molar refractivity (Wildman–Crippen MR) is 75.4 cm³/mol. The van der Waals surface area contributed by atoms with E-state index < -0.39 is 17.5 Å². The first kappa shape index (κ1) is 15.4. The molecule has 7 heteroatoms. The lowest BCUT2D eigenvalue weighted by atomic mass is 10.2. The number of hydrogen-bond donors (Lipinski definition) is 1. The number of ketones is 1. The highest BCUT2D eigenvalue weighted by atomic mass is 19.1. The van der Waals surface area contributed by atoms with E-state index in [0.29, 0.717) is 6.54 Å². The number of nitrogens with zero attached hydrogens (tertiary/aromatic N) is 2. The average Bonchev–Trinajstić information content (AvgIpc) is 2.97. The number of methoxy groups -OCH3 is 1. The molecule has 0 aliphatic rings. The van der Waals surface area contributed by atoms with E-state index >= 15 is 0 Å². The zero-order valence-electron chi connectivity index (χ0n) is 11.7. The number of hydrogen-bond acceptors (Lipinski definition) is 5. The summed E-state index contributed by atoms with van der Waals surface area (Å²) >= 11 is 0. The predicted octanol–water partition coefficient (Wildman–Crippen LogP) is 1.71. The van der Waals surface area contributed by atoms with Gasteiger partial charge >= 0.3 is 5.97 Å². The molecule has 1 N–H and O–H groups in total. The van der Waals surface area contributed by atoms with E-state index in [1.807, 2.05) is 0 Å². The SMILES string of the molecule is COC(=O)C(=O)/C=C(\O)c1cn(Cc2ccc(F)cc2)cn1. The Labute approximate surface area is 125 Å². The quantitative estimate of drug-likeness (QED) is 0.393. The highest BCUT2D eigenvalue weighted by Gasteiger charge is 2.14.